The lowest BCUT2D eigenvalue weighted by Gasteiger charge is -2.24. The molecule has 0 amide bonds. The lowest BCUT2D eigenvalue weighted by Crippen LogP contribution is -2.44. The highest BCUT2D eigenvalue weighted by Crippen LogP contribution is 2.10. The molecule has 0 aliphatic carbocycles. The number of rotatable bonds is 7. The van der Waals surface area contributed by atoms with E-state index in [1.165, 1.54) is 32.8 Å². The van der Waals surface area contributed by atoms with Crippen LogP contribution in [0.1, 0.15) is 39.5 Å². The Morgan fingerprint density at radius 3 is 2.26 bits per heavy atom. The number of ether oxygens (including phenoxy) is 1. The highest BCUT2D eigenvalue weighted by Gasteiger charge is 2.20. The maximum Gasteiger partial charge on any atom is 0.214 e. The Labute approximate surface area is 117 Å². The van der Waals surface area contributed by atoms with E-state index in [0.29, 0.717) is 0 Å². The molecule has 5 nitrogen and oxygen atoms in total. The average Bonchev–Trinajstić information content (AvgIpc) is 2.55. The third kappa shape index (κ3) is 7.25. The van der Waals surface area contributed by atoms with Crippen molar-refractivity contribution in [3.8, 4) is 0 Å². The molecule has 1 aliphatic rings. The van der Waals surface area contributed by atoms with E-state index in [0.717, 1.165) is 19.6 Å². The minimum atomic E-state index is -3.25. The molecule has 0 bridgehead atoms. The van der Waals surface area contributed by atoms with Gasteiger partial charge in [0.1, 0.15) is 0 Å². The van der Waals surface area contributed by atoms with Gasteiger partial charge < -0.3 is 9.64 Å². The lowest BCUT2D eigenvalue weighted by molar-refractivity contribution is 0.136. The van der Waals surface area contributed by atoms with E-state index in [1.807, 2.05) is 6.92 Å². The van der Waals surface area contributed by atoms with Gasteiger partial charge in [-0.3, -0.25) is 0 Å². The van der Waals surface area contributed by atoms with Crippen LogP contribution in [0.4, 0.5) is 0 Å². The molecule has 0 aromatic rings. The normalized spacial score (nSPS) is 21.8. The molecule has 6 heteroatoms. The van der Waals surface area contributed by atoms with Crippen LogP contribution in [0.5, 0.6) is 0 Å². The number of sulfonamides is 1. The number of likely N-dealkylation sites (tertiary alicyclic amines) is 1. The summed E-state index contributed by atoms with van der Waals surface area (Å²) in [5.41, 5.74) is 0. The lowest BCUT2D eigenvalue weighted by atomic mass is 10.2. The second kappa shape index (κ2) is 8.19. The molecule has 19 heavy (non-hydrogen) atoms. The first kappa shape index (κ1) is 16.9. The summed E-state index contributed by atoms with van der Waals surface area (Å²) in [5, 5.41) is 0. The van der Waals surface area contributed by atoms with Crippen molar-refractivity contribution < 1.29 is 13.2 Å². The van der Waals surface area contributed by atoms with E-state index in [-0.39, 0.29) is 17.9 Å². The smallest absolute Gasteiger partial charge is 0.214 e. The first-order valence-corrected chi connectivity index (χ1v) is 8.83. The summed E-state index contributed by atoms with van der Waals surface area (Å²) in [6.45, 7) is 6.65. The van der Waals surface area contributed by atoms with Gasteiger partial charge in [-0.05, 0) is 39.8 Å². The van der Waals surface area contributed by atoms with Crippen molar-refractivity contribution in [2.75, 3.05) is 32.5 Å². The molecule has 2 atom stereocenters. The first-order chi connectivity index (χ1) is 8.93. The van der Waals surface area contributed by atoms with Crippen molar-refractivity contribution in [2.45, 2.75) is 51.7 Å². The Balaban J connectivity index is 2.38. The minimum Gasteiger partial charge on any atom is -0.381 e. The number of nitrogens with one attached hydrogen (secondary N) is 1. The topological polar surface area (TPSA) is 58.6 Å². The van der Waals surface area contributed by atoms with Crippen LogP contribution < -0.4 is 4.72 Å². The SMILES string of the molecule is CO[C@@H](C)CS(=O)(=O)N[C@H](C)CN1CCCCCC1. The average molecular weight is 292 g/mol. The van der Waals surface area contributed by atoms with Gasteiger partial charge in [0.15, 0.2) is 0 Å². The fraction of sp³-hybridized carbons (Fsp3) is 1.00. The van der Waals surface area contributed by atoms with Crippen LogP contribution in [0.3, 0.4) is 0 Å². The molecule has 1 heterocycles. The molecule has 1 N–H and O–H groups in total. The standard InChI is InChI=1S/C13H28N2O3S/c1-12(10-15-8-6-4-5-7-9-15)14-19(16,17)11-13(2)18-3/h12-14H,4-11H2,1-3H3/t12-,13+/m1/s1. The molecule has 1 saturated heterocycles. The van der Waals surface area contributed by atoms with Crippen molar-refractivity contribution in [3.05, 3.63) is 0 Å². The third-order valence-corrected chi connectivity index (χ3v) is 5.14. The number of nitrogens with zero attached hydrogens (tertiary/aromatic N) is 1. The van der Waals surface area contributed by atoms with Crippen LogP contribution in [0.2, 0.25) is 0 Å². The van der Waals surface area contributed by atoms with Gasteiger partial charge in [-0.2, -0.15) is 0 Å². The van der Waals surface area contributed by atoms with Crippen molar-refractivity contribution in [3.63, 3.8) is 0 Å². The summed E-state index contributed by atoms with van der Waals surface area (Å²) >= 11 is 0. The molecule has 0 aromatic carbocycles. The Bertz CT molecular complexity index is 338. The first-order valence-electron chi connectivity index (χ1n) is 7.18. The Hall–Kier alpha value is -0.170. The van der Waals surface area contributed by atoms with Gasteiger partial charge in [0.2, 0.25) is 10.0 Å². The molecular weight excluding hydrogens is 264 g/mol. The van der Waals surface area contributed by atoms with Crippen molar-refractivity contribution in [1.82, 2.24) is 9.62 Å². The van der Waals surface area contributed by atoms with Gasteiger partial charge in [-0.25, -0.2) is 13.1 Å². The summed E-state index contributed by atoms with van der Waals surface area (Å²) in [7, 11) is -1.73. The zero-order valence-corrected chi connectivity index (χ0v) is 13.2. The van der Waals surface area contributed by atoms with E-state index in [4.69, 9.17) is 4.74 Å². The molecule has 0 spiro atoms. The third-order valence-electron chi connectivity index (χ3n) is 3.47. The second-order valence-corrected chi connectivity index (χ2v) is 7.36. The van der Waals surface area contributed by atoms with Gasteiger partial charge in [-0.15, -0.1) is 0 Å². The predicted molar refractivity (Wildman–Crippen MR) is 77.8 cm³/mol. The molecule has 0 unspecified atom stereocenters. The Kier molecular flexibility index (Phi) is 7.28. The van der Waals surface area contributed by atoms with Gasteiger partial charge in [-0.1, -0.05) is 12.8 Å². The molecule has 1 fully saturated rings. The Morgan fingerprint density at radius 2 is 1.74 bits per heavy atom. The maximum absolute atomic E-state index is 11.9. The van der Waals surface area contributed by atoms with Crippen LogP contribution in [-0.2, 0) is 14.8 Å². The van der Waals surface area contributed by atoms with Crippen LogP contribution in [0.25, 0.3) is 0 Å². The summed E-state index contributed by atoms with van der Waals surface area (Å²) in [6, 6.07) is -0.0489. The van der Waals surface area contributed by atoms with Crippen molar-refractivity contribution in [1.29, 1.82) is 0 Å². The van der Waals surface area contributed by atoms with Gasteiger partial charge >= 0.3 is 0 Å². The summed E-state index contributed by atoms with van der Waals surface area (Å²) in [5.74, 6) is 0.0217. The monoisotopic (exact) mass is 292 g/mol. The zero-order valence-electron chi connectivity index (χ0n) is 12.4. The molecule has 0 saturated carbocycles. The van der Waals surface area contributed by atoms with E-state index >= 15 is 0 Å². The fourth-order valence-corrected chi connectivity index (χ4v) is 4.01. The Morgan fingerprint density at radius 1 is 1.16 bits per heavy atom. The fourth-order valence-electron chi connectivity index (χ4n) is 2.47. The van der Waals surface area contributed by atoms with Crippen molar-refractivity contribution >= 4 is 10.0 Å². The molecule has 0 aromatic heterocycles. The molecule has 1 aliphatic heterocycles. The van der Waals surface area contributed by atoms with E-state index < -0.39 is 10.0 Å². The van der Waals surface area contributed by atoms with E-state index in [9.17, 15) is 8.42 Å². The summed E-state index contributed by atoms with van der Waals surface area (Å²) < 4.78 is 31.6. The quantitative estimate of drug-likeness (QED) is 0.766. The van der Waals surface area contributed by atoms with Gasteiger partial charge in [0, 0.05) is 19.7 Å². The summed E-state index contributed by atoms with van der Waals surface area (Å²) in [6.07, 6.45) is 4.76. The van der Waals surface area contributed by atoms with E-state index in [1.54, 1.807) is 6.92 Å². The van der Waals surface area contributed by atoms with Gasteiger partial charge in [0.25, 0.3) is 0 Å². The minimum absolute atomic E-state index is 0.0217. The van der Waals surface area contributed by atoms with Crippen LogP contribution in [0, 0.1) is 0 Å². The molecular formula is C13H28N2O3S. The molecule has 0 radical (unpaired) electrons. The van der Waals surface area contributed by atoms with Crippen LogP contribution in [0.15, 0.2) is 0 Å². The van der Waals surface area contributed by atoms with Gasteiger partial charge in [0.05, 0.1) is 11.9 Å². The predicted octanol–water partition coefficient (Wildman–Crippen LogP) is 1.21. The zero-order chi connectivity index (χ0) is 14.3. The number of methoxy groups -OCH3 is 1. The largest absolute Gasteiger partial charge is 0.381 e. The van der Waals surface area contributed by atoms with E-state index in [2.05, 4.69) is 9.62 Å². The highest BCUT2D eigenvalue weighted by molar-refractivity contribution is 7.89. The van der Waals surface area contributed by atoms with Crippen LogP contribution >= 0.6 is 0 Å². The summed E-state index contributed by atoms with van der Waals surface area (Å²) in [4.78, 5) is 2.36. The van der Waals surface area contributed by atoms with Crippen LogP contribution in [-0.4, -0.2) is 58.0 Å². The van der Waals surface area contributed by atoms with Crippen molar-refractivity contribution in [2.24, 2.45) is 0 Å². The molecule has 114 valence electrons. The highest BCUT2D eigenvalue weighted by atomic mass is 32.2. The molecule has 1 rings (SSSR count). The second-order valence-electron chi connectivity index (χ2n) is 5.56. The number of hydrogen-bond acceptors (Lipinski definition) is 4. The maximum atomic E-state index is 11.9. The number of hydrogen-bond donors (Lipinski definition) is 1.